The maximum absolute atomic E-state index is 12.9. The van der Waals surface area contributed by atoms with Crippen LogP contribution in [0.4, 0.5) is 11.4 Å². The lowest BCUT2D eigenvalue weighted by molar-refractivity contribution is -0.120. The van der Waals surface area contributed by atoms with E-state index in [4.69, 9.17) is 4.74 Å². The van der Waals surface area contributed by atoms with Crippen molar-refractivity contribution >= 4 is 27.3 Å². The van der Waals surface area contributed by atoms with Crippen LogP contribution < -0.4 is 13.9 Å². The van der Waals surface area contributed by atoms with Gasteiger partial charge in [0, 0.05) is 18.8 Å². The Balaban J connectivity index is 1.42. The minimum atomic E-state index is -3.66. The first kappa shape index (κ1) is 21.9. The highest BCUT2D eigenvalue weighted by Crippen LogP contribution is 2.32. The van der Waals surface area contributed by atoms with Crippen LogP contribution in [0.3, 0.4) is 0 Å². The van der Waals surface area contributed by atoms with Crippen molar-refractivity contribution in [3.63, 3.8) is 0 Å². The van der Waals surface area contributed by atoms with Gasteiger partial charge in [0.05, 0.1) is 10.6 Å². The van der Waals surface area contributed by atoms with E-state index in [0.29, 0.717) is 11.4 Å². The number of nitrogens with zero attached hydrogens (tertiary/aromatic N) is 2. The van der Waals surface area contributed by atoms with E-state index in [1.807, 2.05) is 38.1 Å². The molecule has 0 radical (unpaired) electrons. The van der Waals surface area contributed by atoms with Gasteiger partial charge in [-0.25, -0.2) is 8.42 Å². The summed E-state index contributed by atoms with van der Waals surface area (Å²) in [4.78, 5) is 14.8. The molecule has 0 spiro atoms. The number of rotatable bonds is 6. The molecule has 1 atom stereocenters. The summed E-state index contributed by atoms with van der Waals surface area (Å²) in [6, 6.07) is 21.4. The van der Waals surface area contributed by atoms with E-state index in [1.165, 1.54) is 11.4 Å². The molecule has 1 heterocycles. The lowest BCUT2D eigenvalue weighted by Gasteiger charge is -2.23. The number of amides is 1. The van der Waals surface area contributed by atoms with Crippen molar-refractivity contribution in [2.24, 2.45) is 0 Å². The third kappa shape index (κ3) is 4.21. The van der Waals surface area contributed by atoms with Gasteiger partial charge in [-0.15, -0.1) is 0 Å². The van der Waals surface area contributed by atoms with Crippen LogP contribution in [0.2, 0.25) is 0 Å². The number of aryl methyl sites for hydroxylation is 1. The van der Waals surface area contributed by atoms with Gasteiger partial charge in [0.2, 0.25) is 0 Å². The van der Waals surface area contributed by atoms with Crippen LogP contribution in [-0.2, 0) is 21.2 Å². The molecule has 0 saturated carbocycles. The van der Waals surface area contributed by atoms with Crippen LogP contribution >= 0.6 is 0 Å². The second kappa shape index (κ2) is 8.67. The quantitative estimate of drug-likeness (QED) is 0.565. The van der Waals surface area contributed by atoms with Crippen molar-refractivity contribution in [2.75, 3.05) is 22.9 Å². The predicted octanol–water partition coefficient (Wildman–Crippen LogP) is 4.18. The number of para-hydroxylation sites is 1. The van der Waals surface area contributed by atoms with Crippen LogP contribution in [-0.4, -0.2) is 34.0 Å². The number of fused-ring (bicyclic) bond motifs is 1. The summed E-state index contributed by atoms with van der Waals surface area (Å²) in [5.74, 6) is 0.397. The Morgan fingerprint density at radius 3 is 2.38 bits per heavy atom. The minimum absolute atomic E-state index is 0.0878. The number of benzene rings is 3. The van der Waals surface area contributed by atoms with E-state index in [1.54, 1.807) is 53.4 Å². The molecule has 0 aliphatic carbocycles. The SMILES string of the molecule is Cc1ccc(S(=O)(=O)N(C)c2ccc(OCC(=O)N3c4ccccc4C[C@H]3C)cc2)cc1. The fraction of sp³-hybridized carbons (Fsp3) is 0.240. The number of sulfonamides is 1. The highest BCUT2D eigenvalue weighted by Gasteiger charge is 2.30. The zero-order chi connectivity index (χ0) is 22.9. The van der Waals surface area contributed by atoms with Crippen LogP contribution in [0.25, 0.3) is 0 Å². The van der Waals surface area contributed by atoms with Gasteiger partial charge in [-0.3, -0.25) is 9.10 Å². The van der Waals surface area contributed by atoms with Crippen molar-refractivity contribution in [3.8, 4) is 5.75 Å². The van der Waals surface area contributed by atoms with E-state index in [0.717, 1.165) is 23.2 Å². The summed E-state index contributed by atoms with van der Waals surface area (Å²) in [5, 5.41) is 0. The molecule has 1 aliphatic heterocycles. The highest BCUT2D eigenvalue weighted by molar-refractivity contribution is 7.92. The van der Waals surface area contributed by atoms with Crippen molar-refractivity contribution in [1.82, 2.24) is 0 Å². The Morgan fingerprint density at radius 2 is 1.69 bits per heavy atom. The molecule has 0 unspecified atom stereocenters. The molecule has 0 fully saturated rings. The molecular formula is C25H26N2O4S. The van der Waals surface area contributed by atoms with Crippen LogP contribution in [0, 0.1) is 6.92 Å². The Kier molecular flexibility index (Phi) is 5.93. The Bertz CT molecular complexity index is 1220. The number of anilines is 2. The Labute approximate surface area is 189 Å². The number of hydrogen-bond acceptors (Lipinski definition) is 4. The third-order valence-corrected chi connectivity index (χ3v) is 7.52. The molecule has 4 rings (SSSR count). The first-order valence-corrected chi connectivity index (χ1v) is 11.9. The second-order valence-corrected chi connectivity index (χ2v) is 9.98. The predicted molar refractivity (Wildman–Crippen MR) is 126 cm³/mol. The average Bonchev–Trinajstić information content (AvgIpc) is 3.13. The molecule has 6 nitrogen and oxygen atoms in total. The number of carbonyl (C=O) groups is 1. The topological polar surface area (TPSA) is 66.9 Å². The van der Waals surface area contributed by atoms with Gasteiger partial charge >= 0.3 is 0 Å². The summed E-state index contributed by atoms with van der Waals surface area (Å²) < 4.78 is 32.7. The zero-order valence-corrected chi connectivity index (χ0v) is 19.2. The fourth-order valence-corrected chi connectivity index (χ4v) is 5.12. The van der Waals surface area contributed by atoms with E-state index in [2.05, 4.69) is 0 Å². The monoisotopic (exact) mass is 450 g/mol. The number of hydrogen-bond donors (Lipinski definition) is 0. The molecule has 1 aliphatic rings. The van der Waals surface area contributed by atoms with Crippen molar-refractivity contribution < 1.29 is 17.9 Å². The first-order valence-electron chi connectivity index (χ1n) is 10.5. The normalized spacial score (nSPS) is 15.3. The zero-order valence-electron chi connectivity index (χ0n) is 18.4. The van der Waals surface area contributed by atoms with Gasteiger partial charge in [0.15, 0.2) is 6.61 Å². The van der Waals surface area contributed by atoms with Crippen molar-refractivity contribution in [1.29, 1.82) is 0 Å². The fourth-order valence-electron chi connectivity index (χ4n) is 3.92. The van der Waals surface area contributed by atoms with Gasteiger partial charge < -0.3 is 9.64 Å². The molecular weight excluding hydrogens is 424 g/mol. The van der Waals surface area contributed by atoms with E-state index in [9.17, 15) is 13.2 Å². The van der Waals surface area contributed by atoms with E-state index in [-0.39, 0.29) is 23.5 Å². The summed E-state index contributed by atoms with van der Waals surface area (Å²) in [6.45, 7) is 3.85. The van der Waals surface area contributed by atoms with Crippen LogP contribution in [0.15, 0.2) is 77.7 Å². The Hall–Kier alpha value is -3.32. The minimum Gasteiger partial charge on any atom is -0.484 e. The molecule has 0 bridgehead atoms. The molecule has 1 amide bonds. The summed E-state index contributed by atoms with van der Waals surface area (Å²) in [6.07, 6.45) is 0.832. The number of carbonyl (C=O) groups excluding carboxylic acids is 1. The summed E-state index contributed by atoms with van der Waals surface area (Å²) in [5.41, 5.74) is 3.60. The molecule has 0 N–H and O–H groups in total. The Morgan fingerprint density at radius 1 is 1.03 bits per heavy atom. The first-order chi connectivity index (χ1) is 15.3. The van der Waals surface area contributed by atoms with Gasteiger partial charge in [0.1, 0.15) is 5.75 Å². The molecule has 3 aromatic carbocycles. The van der Waals surface area contributed by atoms with E-state index < -0.39 is 10.0 Å². The average molecular weight is 451 g/mol. The van der Waals surface area contributed by atoms with Gasteiger partial charge in [-0.05, 0) is 68.3 Å². The number of ether oxygens (including phenoxy) is 1. The molecule has 0 aromatic heterocycles. The largest absolute Gasteiger partial charge is 0.484 e. The van der Waals surface area contributed by atoms with Crippen molar-refractivity contribution in [2.45, 2.75) is 31.2 Å². The lowest BCUT2D eigenvalue weighted by Crippen LogP contribution is -2.39. The smallest absolute Gasteiger partial charge is 0.265 e. The van der Waals surface area contributed by atoms with Crippen LogP contribution in [0.1, 0.15) is 18.1 Å². The molecule has 0 saturated heterocycles. The van der Waals surface area contributed by atoms with Gasteiger partial charge in [-0.1, -0.05) is 35.9 Å². The standard InChI is InChI=1S/C25H26N2O4S/c1-18-8-14-23(15-9-18)32(29,30)26(3)21-10-12-22(13-11-21)31-17-25(28)27-19(2)16-20-6-4-5-7-24(20)27/h4-15,19H,16-17H2,1-3H3/t19-/m1/s1. The van der Waals surface area contributed by atoms with Gasteiger partial charge in [-0.2, -0.15) is 0 Å². The molecule has 32 heavy (non-hydrogen) atoms. The molecule has 3 aromatic rings. The lowest BCUT2D eigenvalue weighted by atomic mass is 10.1. The van der Waals surface area contributed by atoms with Gasteiger partial charge in [0.25, 0.3) is 15.9 Å². The van der Waals surface area contributed by atoms with Crippen molar-refractivity contribution in [3.05, 3.63) is 83.9 Å². The third-order valence-electron chi connectivity index (χ3n) is 5.72. The maximum atomic E-state index is 12.9. The van der Waals surface area contributed by atoms with E-state index >= 15 is 0 Å². The summed E-state index contributed by atoms with van der Waals surface area (Å²) in [7, 11) is -2.15. The maximum Gasteiger partial charge on any atom is 0.265 e. The molecule has 166 valence electrons. The summed E-state index contributed by atoms with van der Waals surface area (Å²) >= 11 is 0. The van der Waals surface area contributed by atoms with Crippen LogP contribution in [0.5, 0.6) is 5.75 Å². The molecule has 7 heteroatoms. The highest BCUT2D eigenvalue weighted by atomic mass is 32.2. The second-order valence-electron chi connectivity index (χ2n) is 8.01.